The Kier molecular flexibility index (Phi) is 11.5. The van der Waals surface area contributed by atoms with Gasteiger partial charge in [-0.15, -0.1) is 11.3 Å². The summed E-state index contributed by atoms with van der Waals surface area (Å²) in [5.41, 5.74) is 1.72. The van der Waals surface area contributed by atoms with Crippen molar-refractivity contribution in [2.24, 2.45) is 11.8 Å². The van der Waals surface area contributed by atoms with Gasteiger partial charge in [-0.25, -0.2) is 9.97 Å². The SMILES string of the molecule is O=C(NC1CN2CCC1CC2)c1ccc(=O)n(-c2ncc(-c3ccccc3)s2)c1.O=C(NC1CN2CCC1CC2)c1ccc(=O)n(-c2ncc(C3CCCCC3)s2)c1. The third-order valence-electron chi connectivity index (χ3n) is 12.8. The Hall–Kier alpha value is -4.76. The third-order valence-corrected chi connectivity index (χ3v) is 15.0. The van der Waals surface area contributed by atoms with E-state index in [-0.39, 0.29) is 35.0 Å². The number of fused-ring (bicyclic) bond motifs is 6. The highest BCUT2D eigenvalue weighted by Crippen LogP contribution is 2.36. The average Bonchev–Trinajstić information content (AvgIpc) is 3.97. The summed E-state index contributed by atoms with van der Waals surface area (Å²) < 4.78 is 2.99. The Labute approximate surface area is 346 Å². The summed E-state index contributed by atoms with van der Waals surface area (Å²) >= 11 is 3.02. The molecule has 10 heterocycles. The molecule has 12 rings (SSSR count). The Morgan fingerprint density at radius 1 is 0.603 bits per heavy atom. The molecule has 5 aromatic rings. The van der Waals surface area contributed by atoms with Gasteiger partial charge in [0.05, 0.1) is 16.0 Å². The molecule has 58 heavy (non-hydrogen) atoms. The number of carbonyl (C=O) groups excluding carboxylic acids is 2. The highest BCUT2D eigenvalue weighted by Gasteiger charge is 2.36. The molecule has 1 aliphatic carbocycles. The van der Waals surface area contributed by atoms with E-state index >= 15 is 0 Å². The lowest BCUT2D eigenvalue weighted by Gasteiger charge is -2.44. The van der Waals surface area contributed by atoms with E-state index in [1.165, 1.54) is 69.6 Å². The van der Waals surface area contributed by atoms with E-state index in [9.17, 15) is 19.2 Å². The van der Waals surface area contributed by atoms with Crippen molar-refractivity contribution in [2.45, 2.75) is 75.8 Å². The zero-order chi connectivity index (χ0) is 39.6. The van der Waals surface area contributed by atoms with Gasteiger partial charge in [0.25, 0.3) is 22.9 Å². The Morgan fingerprint density at radius 2 is 1.12 bits per heavy atom. The fourth-order valence-electron chi connectivity index (χ4n) is 9.38. The summed E-state index contributed by atoms with van der Waals surface area (Å²) in [4.78, 5) is 66.6. The van der Waals surface area contributed by atoms with Crippen LogP contribution in [0.15, 0.2) is 89.0 Å². The lowest BCUT2D eigenvalue weighted by atomic mass is 9.84. The molecule has 6 aliphatic heterocycles. The number of nitrogens with one attached hydrogen (secondary N) is 2. The molecule has 2 atom stereocenters. The Morgan fingerprint density at radius 3 is 1.64 bits per heavy atom. The number of benzene rings is 1. The quantitative estimate of drug-likeness (QED) is 0.196. The molecule has 4 bridgehead atoms. The van der Waals surface area contributed by atoms with Crippen molar-refractivity contribution in [2.75, 3.05) is 39.3 Å². The first-order valence-electron chi connectivity index (χ1n) is 20.8. The zero-order valence-electron chi connectivity index (χ0n) is 32.6. The Balaban J connectivity index is 0.000000150. The normalized spacial score (nSPS) is 25.1. The van der Waals surface area contributed by atoms with E-state index in [0.29, 0.717) is 39.1 Å². The first kappa shape index (κ1) is 38.7. The van der Waals surface area contributed by atoms with Gasteiger partial charge < -0.3 is 20.4 Å². The Bertz CT molecular complexity index is 2350. The summed E-state index contributed by atoms with van der Waals surface area (Å²) in [5, 5.41) is 7.61. The van der Waals surface area contributed by atoms with Crippen LogP contribution in [0.1, 0.15) is 89.3 Å². The minimum absolute atomic E-state index is 0.0958. The molecular weight excluding hydrogens is 769 g/mol. The van der Waals surface area contributed by atoms with Crippen LogP contribution in [0.2, 0.25) is 0 Å². The van der Waals surface area contributed by atoms with Gasteiger partial charge in [0.15, 0.2) is 10.3 Å². The van der Waals surface area contributed by atoms with Gasteiger partial charge in [0, 0.05) is 67.0 Å². The molecule has 14 heteroatoms. The monoisotopic (exact) mass is 818 g/mol. The van der Waals surface area contributed by atoms with Crippen LogP contribution in [0, 0.1) is 11.8 Å². The number of amides is 2. The second-order valence-electron chi connectivity index (χ2n) is 16.4. The van der Waals surface area contributed by atoms with E-state index < -0.39 is 0 Å². The molecule has 4 aromatic heterocycles. The standard InChI is InChI=1S/C22H28N4O2S.C22H22N4O2S/c2*27-20-7-6-17(21(28)24-18-14-25-10-8-15(18)9-11-25)13-26(20)22-23-12-19(29-22)16-4-2-1-3-5-16/h6-7,12-13,15-16,18H,1-5,8-11,14H2,(H,24,28);1-7,12-13,15,18H,8-11,14H2,(H,24,28). The van der Waals surface area contributed by atoms with Crippen molar-refractivity contribution >= 4 is 34.5 Å². The lowest BCUT2D eigenvalue weighted by molar-refractivity contribution is 0.0617. The largest absolute Gasteiger partial charge is 0.348 e. The van der Waals surface area contributed by atoms with E-state index in [1.54, 1.807) is 42.1 Å². The number of aromatic nitrogens is 4. The van der Waals surface area contributed by atoms with Crippen molar-refractivity contribution in [1.29, 1.82) is 0 Å². The molecule has 2 amide bonds. The summed E-state index contributed by atoms with van der Waals surface area (Å²) in [6.07, 6.45) is 17.8. The van der Waals surface area contributed by atoms with Crippen LogP contribution in [-0.2, 0) is 0 Å². The van der Waals surface area contributed by atoms with E-state index in [2.05, 4.69) is 30.4 Å². The van der Waals surface area contributed by atoms with Crippen LogP contribution in [0.3, 0.4) is 0 Å². The van der Waals surface area contributed by atoms with Gasteiger partial charge in [-0.2, -0.15) is 0 Å². The lowest BCUT2D eigenvalue weighted by Crippen LogP contribution is -2.57. The molecule has 2 N–H and O–H groups in total. The number of piperidine rings is 6. The number of carbonyl (C=O) groups is 2. The van der Waals surface area contributed by atoms with Crippen molar-refractivity contribution < 1.29 is 9.59 Å². The van der Waals surface area contributed by atoms with Crippen molar-refractivity contribution in [1.82, 2.24) is 39.5 Å². The van der Waals surface area contributed by atoms with Crippen LogP contribution >= 0.6 is 22.7 Å². The molecule has 2 unspecified atom stereocenters. The predicted molar refractivity (Wildman–Crippen MR) is 228 cm³/mol. The number of rotatable bonds is 8. The number of pyridine rings is 2. The van der Waals surface area contributed by atoms with Crippen LogP contribution in [0.4, 0.5) is 0 Å². The van der Waals surface area contributed by atoms with Crippen molar-refractivity contribution in [3.63, 3.8) is 0 Å². The smallest absolute Gasteiger partial charge is 0.256 e. The van der Waals surface area contributed by atoms with Crippen LogP contribution in [0.25, 0.3) is 20.7 Å². The molecule has 12 nitrogen and oxygen atoms in total. The number of hydrogen-bond acceptors (Lipinski definition) is 10. The number of hydrogen-bond donors (Lipinski definition) is 2. The summed E-state index contributed by atoms with van der Waals surface area (Å²) in [7, 11) is 0. The van der Waals surface area contributed by atoms with Gasteiger partial charge in [-0.3, -0.25) is 28.3 Å². The van der Waals surface area contributed by atoms with Crippen LogP contribution in [0.5, 0.6) is 0 Å². The van der Waals surface area contributed by atoms with Gasteiger partial charge in [-0.1, -0.05) is 60.9 Å². The molecule has 7 fully saturated rings. The molecule has 302 valence electrons. The second-order valence-corrected chi connectivity index (χ2v) is 18.5. The maximum absolute atomic E-state index is 12.9. The molecule has 0 spiro atoms. The molecule has 6 saturated heterocycles. The summed E-state index contributed by atoms with van der Waals surface area (Å²) in [6.45, 7) is 6.42. The fraction of sp³-hybridized carbons (Fsp3) is 0.455. The first-order chi connectivity index (χ1) is 28.3. The summed E-state index contributed by atoms with van der Waals surface area (Å²) in [5.74, 6) is 1.47. The minimum Gasteiger partial charge on any atom is -0.348 e. The molecule has 7 aliphatic rings. The number of thiazole rings is 2. The van der Waals surface area contributed by atoms with Gasteiger partial charge in [-0.05, 0) is 100 Å². The predicted octanol–water partition coefficient (Wildman–Crippen LogP) is 5.95. The number of nitrogens with zero attached hydrogens (tertiary/aromatic N) is 6. The highest BCUT2D eigenvalue weighted by atomic mass is 32.1. The maximum Gasteiger partial charge on any atom is 0.256 e. The van der Waals surface area contributed by atoms with Crippen molar-refractivity contribution in [3.8, 4) is 20.7 Å². The maximum atomic E-state index is 12.9. The third kappa shape index (κ3) is 8.52. The fourth-order valence-corrected chi connectivity index (χ4v) is 11.3. The van der Waals surface area contributed by atoms with Crippen molar-refractivity contribution in [3.05, 3.63) is 116 Å². The first-order valence-corrected chi connectivity index (χ1v) is 22.5. The minimum atomic E-state index is -0.196. The van der Waals surface area contributed by atoms with Gasteiger partial charge in [0.2, 0.25) is 0 Å². The molecule has 1 aromatic carbocycles. The van der Waals surface area contributed by atoms with Gasteiger partial charge in [0.1, 0.15) is 0 Å². The van der Waals surface area contributed by atoms with Crippen LogP contribution < -0.4 is 21.8 Å². The average molecular weight is 819 g/mol. The summed E-state index contributed by atoms with van der Waals surface area (Å²) in [6, 6.07) is 16.5. The van der Waals surface area contributed by atoms with E-state index in [4.69, 9.17) is 0 Å². The zero-order valence-corrected chi connectivity index (χ0v) is 34.3. The second kappa shape index (κ2) is 17.2. The molecule has 1 saturated carbocycles. The molecule has 0 radical (unpaired) electrons. The van der Waals surface area contributed by atoms with E-state index in [0.717, 1.165) is 75.4 Å². The van der Waals surface area contributed by atoms with E-state index in [1.807, 2.05) is 36.5 Å². The topological polar surface area (TPSA) is 134 Å². The highest BCUT2D eigenvalue weighted by molar-refractivity contribution is 7.17. The van der Waals surface area contributed by atoms with Crippen LogP contribution in [-0.4, -0.2) is 92.1 Å². The molecular formula is C44H50N8O4S2. The van der Waals surface area contributed by atoms with Gasteiger partial charge >= 0.3 is 0 Å².